The summed E-state index contributed by atoms with van der Waals surface area (Å²) < 4.78 is 253. The zero-order valence-electron chi connectivity index (χ0n) is 75.6. The van der Waals surface area contributed by atoms with Gasteiger partial charge in [0.15, 0.2) is 46.5 Å². The van der Waals surface area contributed by atoms with E-state index in [-0.39, 0.29) is 68.7 Å². The molecular formula is C112H62F10N4. The summed E-state index contributed by atoms with van der Waals surface area (Å²) in [6.07, 6.45) is 0. The molecule has 24 rings (SSSR count). The quantitative estimate of drug-likeness (QED) is 0.0503. The van der Waals surface area contributed by atoms with Crippen molar-refractivity contribution in [2.45, 2.75) is 0 Å². The van der Waals surface area contributed by atoms with Crippen LogP contribution in [0.4, 0.5) is 43.9 Å². The number of rotatable bonds is 12. The van der Waals surface area contributed by atoms with Gasteiger partial charge >= 0.3 is 0 Å². The van der Waals surface area contributed by atoms with Crippen LogP contribution in [0.25, 0.3) is 221 Å². The summed E-state index contributed by atoms with van der Waals surface area (Å²) >= 11 is 0. The first-order valence-corrected chi connectivity index (χ1v) is 40.3. The summed E-state index contributed by atoms with van der Waals surface area (Å²) in [5.74, 6) is -21.6. The van der Waals surface area contributed by atoms with E-state index in [4.69, 9.17) is 8.22 Å². The molecule has 0 radical (unpaired) electrons. The number of benzene rings is 20. The van der Waals surface area contributed by atoms with Crippen molar-refractivity contribution < 1.29 is 57.6 Å². The van der Waals surface area contributed by atoms with Gasteiger partial charge in [0, 0.05) is 76.7 Å². The van der Waals surface area contributed by atoms with Gasteiger partial charge in [0.05, 0.1) is 58.6 Å². The largest absolute Gasteiger partial charge is 0.308 e. The van der Waals surface area contributed by atoms with Crippen molar-refractivity contribution in [3.05, 3.63) is 434 Å². The van der Waals surface area contributed by atoms with Crippen LogP contribution < -0.4 is 0 Å². The lowest BCUT2D eigenvalue weighted by molar-refractivity contribution is 0.376. The fraction of sp³-hybridized carbons (Fsp3) is 0. The van der Waals surface area contributed by atoms with Gasteiger partial charge in [-0.3, -0.25) is 0 Å². The fourth-order valence-corrected chi connectivity index (χ4v) is 19.2. The highest BCUT2D eigenvalue weighted by Gasteiger charge is 2.37. The van der Waals surface area contributed by atoms with Gasteiger partial charge in [-0.15, -0.1) is 0 Å². The van der Waals surface area contributed by atoms with Crippen LogP contribution in [0.2, 0.25) is 0 Å². The van der Waals surface area contributed by atoms with Crippen LogP contribution in [-0.2, 0) is 0 Å². The Balaban J connectivity index is 0.000000153. The molecule has 0 aliphatic carbocycles. The predicted octanol–water partition coefficient (Wildman–Crippen LogP) is 31.7. The maximum Gasteiger partial charge on any atom is 0.200 e. The van der Waals surface area contributed by atoms with E-state index in [1.165, 1.54) is 0 Å². The Labute approximate surface area is 726 Å². The van der Waals surface area contributed by atoms with E-state index in [2.05, 4.69) is 36.4 Å². The van der Waals surface area contributed by atoms with Gasteiger partial charge in [0.25, 0.3) is 0 Å². The molecule has 4 aromatic heterocycles. The van der Waals surface area contributed by atoms with Gasteiger partial charge in [0.2, 0.25) is 11.6 Å². The van der Waals surface area contributed by atoms with E-state index in [1.54, 1.807) is 158 Å². The van der Waals surface area contributed by atoms with Crippen LogP contribution in [0.1, 0.15) is 13.7 Å². The highest BCUT2D eigenvalue weighted by atomic mass is 19.2. The van der Waals surface area contributed by atoms with Crippen molar-refractivity contribution in [3.8, 4) is 112 Å². The third kappa shape index (κ3) is 11.2. The van der Waals surface area contributed by atoms with Crippen LogP contribution in [0, 0.1) is 58.2 Å². The number of aromatic nitrogens is 4. The van der Waals surface area contributed by atoms with Gasteiger partial charge in [-0.2, -0.15) is 0 Å². The molecule has 24 aromatic rings. The third-order valence-corrected chi connectivity index (χ3v) is 24.2. The monoisotopic (exact) mass is 1660 g/mol. The number of halogens is 10. The van der Waals surface area contributed by atoms with Gasteiger partial charge in [-0.05, 0) is 136 Å². The standard InChI is InChI=1S/C56H26F10N2.C56H36N2/c57-41-43(59)47(63)55(48(64)44(41)60)67-51(29-17-9-3-10-18-29)39(27-13-5-1-6-14-27)35-25-31-21-24-34-38-32(22-23-33(37(31)38)53(35)67)26-36-40(28-15-7-2-8-16-28)52(30-19-11-4-12-20-30)68(54(34)36)56-49(65)45(61)42(58)46(62)50(56)66;1-7-19-37(20-8-1)51-47-35-41-31-34-46-50-42(32-33-45(49(41)50)55(47)57(43-27-15-5-16-28-43)53(51)39-23-11-3-12-24-39)36-48-52(38-21-9-2-10-22-38)54(40-25-13-4-14-26-40)58(56(46)48)44-29-17-6-18-30-44/h1-26H;1-36H/i;5D,6D,15D,16D,17D,18D,27D,28D,29D,30D. The van der Waals surface area contributed by atoms with Crippen molar-refractivity contribution in [2.75, 3.05) is 0 Å². The number of hydrogen-bond acceptors (Lipinski definition) is 0. The molecule has 600 valence electrons. The van der Waals surface area contributed by atoms with Crippen LogP contribution in [0.3, 0.4) is 0 Å². The van der Waals surface area contributed by atoms with Crippen LogP contribution in [-0.4, -0.2) is 18.3 Å². The molecule has 0 bridgehead atoms. The Morgan fingerprint density at radius 2 is 0.373 bits per heavy atom. The lowest BCUT2D eigenvalue weighted by Gasteiger charge is -2.19. The molecule has 0 atom stereocenters. The molecule has 0 amide bonds. The van der Waals surface area contributed by atoms with Gasteiger partial charge < -0.3 is 18.3 Å². The van der Waals surface area contributed by atoms with Gasteiger partial charge in [0.1, 0.15) is 11.4 Å². The Kier molecular flexibility index (Phi) is 15.1. The summed E-state index contributed by atoms with van der Waals surface area (Å²) in [4.78, 5) is 0. The van der Waals surface area contributed by atoms with Crippen molar-refractivity contribution in [1.82, 2.24) is 18.3 Å². The number of nitrogens with zero attached hydrogens (tertiary/aromatic N) is 4. The molecule has 126 heavy (non-hydrogen) atoms. The van der Waals surface area contributed by atoms with Crippen molar-refractivity contribution >= 4 is 108 Å². The smallest absolute Gasteiger partial charge is 0.200 e. The molecule has 0 saturated heterocycles. The number of hydrogen-bond donors (Lipinski definition) is 0. The van der Waals surface area contributed by atoms with Crippen molar-refractivity contribution in [1.29, 1.82) is 0 Å². The van der Waals surface area contributed by atoms with Crippen molar-refractivity contribution in [3.63, 3.8) is 0 Å². The maximum absolute atomic E-state index is 16.5. The van der Waals surface area contributed by atoms with Crippen LogP contribution >= 0.6 is 0 Å². The molecule has 4 nitrogen and oxygen atoms in total. The minimum atomic E-state index is -2.34. The maximum atomic E-state index is 16.5. The van der Waals surface area contributed by atoms with Crippen LogP contribution in [0.5, 0.6) is 0 Å². The molecule has 0 spiro atoms. The molecular weight excluding hydrogens is 1590 g/mol. The molecule has 4 heterocycles. The molecule has 0 N–H and O–H groups in total. The topological polar surface area (TPSA) is 19.7 Å². The summed E-state index contributed by atoms with van der Waals surface area (Å²) in [7, 11) is 0. The Morgan fingerprint density at radius 1 is 0.183 bits per heavy atom. The van der Waals surface area contributed by atoms with E-state index in [0.29, 0.717) is 88.1 Å². The molecule has 0 fully saturated rings. The zero-order valence-corrected chi connectivity index (χ0v) is 65.6. The van der Waals surface area contributed by atoms with Crippen LogP contribution in [0.15, 0.2) is 376 Å². The third-order valence-electron chi connectivity index (χ3n) is 24.2. The first-order valence-electron chi connectivity index (χ1n) is 45.3. The average molecular weight is 1660 g/mol. The van der Waals surface area contributed by atoms with Gasteiger partial charge in [-0.1, -0.05) is 327 Å². The molecule has 0 saturated carbocycles. The Bertz CT molecular complexity index is 8010. The molecule has 0 aliphatic heterocycles. The van der Waals surface area contributed by atoms with E-state index in [0.717, 1.165) is 85.6 Å². The first-order chi connectivity index (χ1) is 65.9. The second kappa shape index (κ2) is 29.4. The molecule has 14 heteroatoms. The summed E-state index contributed by atoms with van der Waals surface area (Å²) in [6, 6.07) is 92.1. The highest BCUT2D eigenvalue weighted by Crippen LogP contribution is 2.56. The van der Waals surface area contributed by atoms with E-state index in [1.807, 2.05) is 130 Å². The second-order valence-corrected chi connectivity index (χ2v) is 30.9. The molecule has 0 aliphatic rings. The predicted molar refractivity (Wildman–Crippen MR) is 491 cm³/mol. The van der Waals surface area contributed by atoms with E-state index >= 15 is 35.1 Å². The number of fused-ring (bicyclic) bond motifs is 8. The lowest BCUT2D eigenvalue weighted by atomic mass is 9.89. The Hall–Kier alpha value is -16.1. The molecule has 20 aromatic carbocycles. The average Bonchev–Trinajstić information content (AvgIpc) is 1.51. The van der Waals surface area contributed by atoms with Gasteiger partial charge in [-0.25, -0.2) is 43.9 Å². The molecule has 0 unspecified atom stereocenters. The minimum Gasteiger partial charge on any atom is -0.308 e. The fourth-order valence-electron chi connectivity index (χ4n) is 19.2. The van der Waals surface area contributed by atoms with Crippen molar-refractivity contribution in [2.24, 2.45) is 0 Å². The lowest BCUT2D eigenvalue weighted by Crippen LogP contribution is -2.11. The second-order valence-electron chi connectivity index (χ2n) is 30.9. The summed E-state index contributed by atoms with van der Waals surface area (Å²) in [5.41, 5.74) is 8.21. The zero-order chi connectivity index (χ0) is 93.7. The summed E-state index contributed by atoms with van der Waals surface area (Å²) in [6.45, 7) is 0. The van der Waals surface area contributed by atoms with E-state index in [9.17, 15) is 14.3 Å². The number of para-hydroxylation sites is 2. The summed E-state index contributed by atoms with van der Waals surface area (Å²) in [5, 5.41) is 9.88. The highest BCUT2D eigenvalue weighted by molar-refractivity contribution is 6.37. The SMILES string of the molecule is Fc1c(F)c(F)c(-n2c(-c3ccccc3)c(-c3ccccc3)c3cc4ccc5c6c(ccc(c46)c32)cc2c(-c3ccccc3)c(-c3ccccc3)n(-c3c(F)c(F)c(F)c(F)c3F)c25)c(F)c1F.[2H]c1c([2H])c([2H])c(-n2c(-c3ccccc3)c(-c3ccccc3)c3cc4ccc5c6c(ccc(c46)c32)cc2c(-c3ccccc3)c(-c3ccccc3)n(-c3c([2H])c([2H])c([2H])c([2H])c3[2H])c25)c([2H])c1[2H]. The Morgan fingerprint density at radius 3 is 0.595 bits per heavy atom. The van der Waals surface area contributed by atoms with E-state index < -0.39 is 106 Å². The normalized spacial score (nSPS) is 13.0. The minimum absolute atomic E-state index is 0.0227. The first kappa shape index (κ1) is 64.8.